The van der Waals surface area contributed by atoms with E-state index in [2.05, 4.69) is 0 Å². The SMILES string of the molecule is CCC1(O)CN(S(=O)(=O)N2CCCCCC2)C1. The van der Waals surface area contributed by atoms with Gasteiger partial charge in [-0.1, -0.05) is 19.8 Å². The summed E-state index contributed by atoms with van der Waals surface area (Å²) in [6, 6.07) is 0. The van der Waals surface area contributed by atoms with Crippen molar-refractivity contribution in [3.63, 3.8) is 0 Å². The van der Waals surface area contributed by atoms with Gasteiger partial charge in [0.15, 0.2) is 0 Å². The van der Waals surface area contributed by atoms with Crippen LogP contribution in [0.25, 0.3) is 0 Å². The first-order valence-corrected chi connectivity index (χ1v) is 7.85. The van der Waals surface area contributed by atoms with E-state index in [-0.39, 0.29) is 13.1 Å². The zero-order valence-corrected chi connectivity index (χ0v) is 11.2. The minimum atomic E-state index is -3.32. The van der Waals surface area contributed by atoms with Gasteiger partial charge in [0.05, 0.1) is 5.60 Å². The fourth-order valence-corrected chi connectivity index (χ4v) is 4.29. The molecule has 2 rings (SSSR count). The summed E-state index contributed by atoms with van der Waals surface area (Å²) >= 11 is 0. The van der Waals surface area contributed by atoms with Crippen LogP contribution in [0.5, 0.6) is 0 Å². The molecule has 0 aromatic carbocycles. The molecule has 100 valence electrons. The van der Waals surface area contributed by atoms with Gasteiger partial charge in [0, 0.05) is 26.2 Å². The van der Waals surface area contributed by atoms with Crippen LogP contribution in [-0.2, 0) is 10.2 Å². The topological polar surface area (TPSA) is 60.9 Å². The normalized spacial score (nSPS) is 27.4. The lowest BCUT2D eigenvalue weighted by Crippen LogP contribution is -2.65. The second kappa shape index (κ2) is 4.84. The molecule has 2 heterocycles. The second-order valence-corrected chi connectivity index (χ2v) is 7.10. The van der Waals surface area contributed by atoms with Crippen LogP contribution in [0.4, 0.5) is 0 Å². The third-order valence-corrected chi connectivity index (χ3v) is 5.75. The van der Waals surface area contributed by atoms with Crippen LogP contribution in [0.15, 0.2) is 0 Å². The summed E-state index contributed by atoms with van der Waals surface area (Å²) in [5.41, 5.74) is -0.793. The Morgan fingerprint density at radius 2 is 1.59 bits per heavy atom. The standard InChI is InChI=1S/C11H22N2O3S/c1-2-11(14)9-13(10-11)17(15,16)12-7-5-3-4-6-8-12/h14H,2-10H2,1H3. The summed E-state index contributed by atoms with van der Waals surface area (Å²) in [6.45, 7) is 3.65. The third-order valence-electron chi connectivity index (χ3n) is 3.82. The lowest BCUT2D eigenvalue weighted by atomic mass is 9.94. The molecule has 1 N–H and O–H groups in total. The van der Waals surface area contributed by atoms with E-state index in [9.17, 15) is 13.5 Å². The van der Waals surface area contributed by atoms with Crippen molar-refractivity contribution in [2.45, 2.75) is 44.6 Å². The molecule has 2 saturated heterocycles. The van der Waals surface area contributed by atoms with Gasteiger partial charge in [-0.2, -0.15) is 17.0 Å². The van der Waals surface area contributed by atoms with Crippen molar-refractivity contribution in [2.75, 3.05) is 26.2 Å². The Labute approximate surface area is 104 Å². The fraction of sp³-hybridized carbons (Fsp3) is 1.00. The second-order valence-electron chi connectivity index (χ2n) is 5.17. The van der Waals surface area contributed by atoms with Gasteiger partial charge in [0.1, 0.15) is 0 Å². The van der Waals surface area contributed by atoms with Crippen molar-refractivity contribution in [1.29, 1.82) is 0 Å². The quantitative estimate of drug-likeness (QED) is 0.808. The molecule has 0 unspecified atom stereocenters. The molecule has 2 fully saturated rings. The highest BCUT2D eigenvalue weighted by Crippen LogP contribution is 2.29. The summed E-state index contributed by atoms with van der Waals surface area (Å²) in [5, 5.41) is 9.88. The molecular weight excluding hydrogens is 240 g/mol. The molecule has 0 amide bonds. The van der Waals surface area contributed by atoms with Gasteiger partial charge in [-0.3, -0.25) is 0 Å². The molecule has 0 aromatic heterocycles. The maximum Gasteiger partial charge on any atom is 0.282 e. The molecule has 0 spiro atoms. The Balaban J connectivity index is 1.99. The maximum absolute atomic E-state index is 12.3. The predicted molar refractivity (Wildman–Crippen MR) is 65.8 cm³/mol. The van der Waals surface area contributed by atoms with E-state index in [1.807, 2.05) is 6.92 Å². The molecule has 0 aliphatic carbocycles. The van der Waals surface area contributed by atoms with Crippen LogP contribution in [-0.4, -0.2) is 53.9 Å². The first-order chi connectivity index (χ1) is 7.98. The summed E-state index contributed by atoms with van der Waals surface area (Å²) in [5.74, 6) is 0. The van der Waals surface area contributed by atoms with Gasteiger partial charge < -0.3 is 5.11 Å². The van der Waals surface area contributed by atoms with Crippen LogP contribution in [0.2, 0.25) is 0 Å². The molecule has 5 nitrogen and oxygen atoms in total. The number of aliphatic hydroxyl groups is 1. The van der Waals surface area contributed by atoms with Crippen LogP contribution >= 0.6 is 0 Å². The molecule has 17 heavy (non-hydrogen) atoms. The lowest BCUT2D eigenvalue weighted by Gasteiger charge is -2.46. The highest BCUT2D eigenvalue weighted by atomic mass is 32.2. The van der Waals surface area contributed by atoms with E-state index >= 15 is 0 Å². The molecule has 0 radical (unpaired) electrons. The van der Waals surface area contributed by atoms with Gasteiger partial charge in [-0.15, -0.1) is 0 Å². The van der Waals surface area contributed by atoms with Gasteiger partial charge >= 0.3 is 0 Å². The van der Waals surface area contributed by atoms with E-state index in [1.165, 1.54) is 4.31 Å². The summed E-state index contributed by atoms with van der Waals surface area (Å²) in [4.78, 5) is 0. The van der Waals surface area contributed by atoms with Crippen LogP contribution in [0, 0.1) is 0 Å². The third kappa shape index (κ3) is 2.65. The molecule has 0 aromatic rings. The fourth-order valence-electron chi connectivity index (χ4n) is 2.43. The zero-order chi connectivity index (χ0) is 12.5. The summed E-state index contributed by atoms with van der Waals surface area (Å²) < 4.78 is 27.5. The van der Waals surface area contributed by atoms with Crippen LogP contribution < -0.4 is 0 Å². The number of hydrogen-bond donors (Lipinski definition) is 1. The number of nitrogens with zero attached hydrogens (tertiary/aromatic N) is 2. The minimum absolute atomic E-state index is 0.252. The Bertz CT molecular complexity index is 355. The average molecular weight is 262 g/mol. The van der Waals surface area contributed by atoms with E-state index in [1.54, 1.807) is 4.31 Å². The Morgan fingerprint density at radius 3 is 2.06 bits per heavy atom. The molecule has 0 saturated carbocycles. The van der Waals surface area contributed by atoms with Crippen molar-refractivity contribution >= 4 is 10.2 Å². The van der Waals surface area contributed by atoms with Gasteiger partial charge in [0.2, 0.25) is 0 Å². The highest BCUT2D eigenvalue weighted by molar-refractivity contribution is 7.86. The number of rotatable bonds is 3. The predicted octanol–water partition coefficient (Wildman–Crippen LogP) is 0.564. The average Bonchev–Trinajstić information content (AvgIpc) is 2.53. The van der Waals surface area contributed by atoms with Gasteiger partial charge in [-0.05, 0) is 19.3 Å². The van der Waals surface area contributed by atoms with Crippen molar-refractivity contribution in [1.82, 2.24) is 8.61 Å². The van der Waals surface area contributed by atoms with Crippen LogP contribution in [0.1, 0.15) is 39.0 Å². The first-order valence-electron chi connectivity index (χ1n) is 6.45. The molecule has 0 atom stereocenters. The van der Waals surface area contributed by atoms with Crippen molar-refractivity contribution in [3.8, 4) is 0 Å². The molecule has 6 heteroatoms. The number of β-amino-alcohol motifs (C(OH)–C–C–N with tert-alkyl or cyclic N) is 1. The summed E-state index contributed by atoms with van der Waals surface area (Å²) in [7, 11) is -3.32. The number of hydrogen-bond acceptors (Lipinski definition) is 3. The molecular formula is C11H22N2O3S. The van der Waals surface area contributed by atoms with E-state index < -0.39 is 15.8 Å². The molecule has 2 aliphatic heterocycles. The maximum atomic E-state index is 12.3. The molecule has 2 aliphatic rings. The monoisotopic (exact) mass is 262 g/mol. The van der Waals surface area contributed by atoms with Crippen molar-refractivity contribution in [3.05, 3.63) is 0 Å². The largest absolute Gasteiger partial charge is 0.387 e. The minimum Gasteiger partial charge on any atom is -0.387 e. The van der Waals surface area contributed by atoms with Crippen LogP contribution in [0.3, 0.4) is 0 Å². The van der Waals surface area contributed by atoms with Gasteiger partial charge in [-0.25, -0.2) is 0 Å². The van der Waals surface area contributed by atoms with Crippen molar-refractivity contribution < 1.29 is 13.5 Å². The van der Waals surface area contributed by atoms with E-state index in [0.29, 0.717) is 19.5 Å². The van der Waals surface area contributed by atoms with E-state index in [4.69, 9.17) is 0 Å². The Hall–Kier alpha value is -0.170. The molecule has 0 bridgehead atoms. The Kier molecular flexibility index (Phi) is 3.77. The van der Waals surface area contributed by atoms with Crippen molar-refractivity contribution in [2.24, 2.45) is 0 Å². The highest BCUT2D eigenvalue weighted by Gasteiger charge is 2.47. The zero-order valence-electron chi connectivity index (χ0n) is 10.4. The van der Waals surface area contributed by atoms with E-state index in [0.717, 1.165) is 25.7 Å². The smallest absolute Gasteiger partial charge is 0.282 e. The summed E-state index contributed by atoms with van der Waals surface area (Å²) in [6.07, 6.45) is 4.74. The lowest BCUT2D eigenvalue weighted by molar-refractivity contribution is -0.0635. The van der Waals surface area contributed by atoms with Gasteiger partial charge in [0.25, 0.3) is 10.2 Å². The first kappa shape index (κ1) is 13.3. The Morgan fingerprint density at radius 1 is 1.06 bits per heavy atom.